The average Bonchev–Trinajstić information content (AvgIpc) is 3.50. The van der Waals surface area contributed by atoms with E-state index in [0.29, 0.717) is 49.2 Å². The van der Waals surface area contributed by atoms with Gasteiger partial charge in [-0.1, -0.05) is 71.4 Å². The first-order valence-corrected chi connectivity index (χ1v) is 14.0. The Labute approximate surface area is 244 Å². The topological polar surface area (TPSA) is 101 Å². The van der Waals surface area contributed by atoms with Gasteiger partial charge in [0.15, 0.2) is 0 Å². The quantitative estimate of drug-likeness (QED) is 0.253. The van der Waals surface area contributed by atoms with E-state index in [4.69, 9.17) is 20.9 Å². The number of aromatic nitrogens is 2. The fourth-order valence-corrected chi connectivity index (χ4v) is 4.85. The summed E-state index contributed by atoms with van der Waals surface area (Å²) in [7, 11) is 0. The molecular weight excluding hydrogens is 542 g/mol. The van der Waals surface area contributed by atoms with Crippen LogP contribution in [0.4, 0.5) is 4.79 Å². The highest BCUT2D eigenvalue weighted by atomic mass is 35.5. The van der Waals surface area contributed by atoms with Crippen molar-refractivity contribution in [2.75, 3.05) is 32.7 Å². The highest BCUT2D eigenvalue weighted by molar-refractivity contribution is 6.30. The molecule has 10 heteroatoms. The van der Waals surface area contributed by atoms with E-state index >= 15 is 0 Å². The van der Waals surface area contributed by atoms with Crippen molar-refractivity contribution in [3.8, 4) is 22.8 Å². The van der Waals surface area contributed by atoms with Crippen LogP contribution in [0.25, 0.3) is 22.8 Å². The van der Waals surface area contributed by atoms with Crippen molar-refractivity contribution < 1.29 is 18.8 Å². The molecule has 0 saturated carbocycles. The van der Waals surface area contributed by atoms with Crippen LogP contribution in [0.2, 0.25) is 5.02 Å². The van der Waals surface area contributed by atoms with Gasteiger partial charge in [0.05, 0.1) is 0 Å². The summed E-state index contributed by atoms with van der Waals surface area (Å²) in [6.45, 7) is 4.34. The second-order valence-electron chi connectivity index (χ2n) is 9.88. The first-order chi connectivity index (χ1) is 20.0. The molecule has 41 heavy (non-hydrogen) atoms. The van der Waals surface area contributed by atoms with E-state index in [9.17, 15) is 9.59 Å². The molecule has 9 nitrogen and oxygen atoms in total. The van der Waals surface area contributed by atoms with Crippen LogP contribution in [0, 0.1) is 0 Å². The van der Waals surface area contributed by atoms with Crippen molar-refractivity contribution >= 4 is 23.6 Å². The van der Waals surface area contributed by atoms with Gasteiger partial charge in [-0.2, -0.15) is 4.98 Å². The van der Waals surface area contributed by atoms with Crippen LogP contribution in [-0.2, 0) is 22.7 Å². The molecule has 0 radical (unpaired) electrons. The fraction of sp³-hybridized carbons (Fsp3) is 0.290. The van der Waals surface area contributed by atoms with Crippen LogP contribution in [0.15, 0.2) is 83.4 Å². The number of hydrogen-bond acceptors (Lipinski definition) is 7. The zero-order chi connectivity index (χ0) is 28.4. The normalized spacial score (nSPS) is 13.6. The predicted octanol–water partition coefficient (Wildman–Crippen LogP) is 5.41. The molecule has 2 heterocycles. The molecule has 2 amide bonds. The van der Waals surface area contributed by atoms with Crippen LogP contribution in [-0.4, -0.2) is 64.7 Å². The molecule has 212 valence electrons. The van der Waals surface area contributed by atoms with Gasteiger partial charge in [-0.05, 0) is 41.8 Å². The summed E-state index contributed by atoms with van der Waals surface area (Å²) in [4.78, 5) is 33.3. The number of nitrogens with zero attached hydrogens (tertiary/aromatic N) is 4. The number of nitrogens with one attached hydrogen (secondary N) is 1. The Bertz CT molecular complexity index is 1450. The van der Waals surface area contributed by atoms with Crippen molar-refractivity contribution in [1.29, 1.82) is 0 Å². The predicted molar refractivity (Wildman–Crippen MR) is 156 cm³/mol. The number of hydrogen-bond donors (Lipinski definition) is 1. The van der Waals surface area contributed by atoms with Gasteiger partial charge in [0.2, 0.25) is 11.7 Å². The summed E-state index contributed by atoms with van der Waals surface area (Å²) >= 11 is 6.09. The van der Waals surface area contributed by atoms with Crippen molar-refractivity contribution in [2.24, 2.45) is 0 Å². The van der Waals surface area contributed by atoms with Gasteiger partial charge in [0.25, 0.3) is 5.89 Å². The Morgan fingerprint density at radius 2 is 1.66 bits per heavy atom. The summed E-state index contributed by atoms with van der Waals surface area (Å²) in [6, 6.07) is 24.9. The smallest absolute Gasteiger partial charge is 0.407 e. The molecule has 1 aromatic heterocycles. The number of carbonyl (C=O) groups excluding carboxylic acids is 2. The molecule has 0 spiro atoms. The van der Waals surface area contributed by atoms with E-state index in [1.807, 2.05) is 59.5 Å². The largest absolute Gasteiger partial charge is 0.445 e. The Morgan fingerprint density at radius 1 is 0.902 bits per heavy atom. The van der Waals surface area contributed by atoms with Crippen LogP contribution < -0.4 is 5.32 Å². The number of benzene rings is 3. The van der Waals surface area contributed by atoms with Gasteiger partial charge >= 0.3 is 6.09 Å². The molecule has 1 fully saturated rings. The van der Waals surface area contributed by atoms with Crippen LogP contribution in [0.5, 0.6) is 0 Å². The molecule has 0 atom stereocenters. The third-order valence-corrected chi connectivity index (χ3v) is 7.10. The van der Waals surface area contributed by atoms with Gasteiger partial charge in [0.1, 0.15) is 6.61 Å². The summed E-state index contributed by atoms with van der Waals surface area (Å²) in [5, 5.41) is 7.48. The zero-order valence-electron chi connectivity index (χ0n) is 22.7. The van der Waals surface area contributed by atoms with Crippen molar-refractivity contribution in [2.45, 2.75) is 26.0 Å². The van der Waals surface area contributed by atoms with E-state index in [0.717, 1.165) is 41.9 Å². The lowest BCUT2D eigenvalue weighted by Crippen LogP contribution is -2.48. The van der Waals surface area contributed by atoms with Gasteiger partial charge in [-0.25, -0.2) is 4.79 Å². The highest BCUT2D eigenvalue weighted by Crippen LogP contribution is 2.25. The van der Waals surface area contributed by atoms with E-state index in [1.165, 1.54) is 0 Å². The molecule has 1 aliphatic rings. The fourth-order valence-electron chi connectivity index (χ4n) is 4.66. The highest BCUT2D eigenvalue weighted by Gasteiger charge is 2.21. The first-order valence-electron chi connectivity index (χ1n) is 13.7. The lowest BCUT2D eigenvalue weighted by atomic mass is 10.1. The Morgan fingerprint density at radius 3 is 2.46 bits per heavy atom. The molecule has 0 unspecified atom stereocenters. The van der Waals surface area contributed by atoms with Gasteiger partial charge < -0.3 is 19.5 Å². The Hall–Kier alpha value is -4.21. The molecule has 4 aromatic rings. The van der Waals surface area contributed by atoms with Gasteiger partial charge in [0, 0.05) is 61.8 Å². The monoisotopic (exact) mass is 573 g/mol. The standard InChI is InChI=1S/C31H32ClN5O4/c32-27-12-5-11-26(20-27)30-34-29(35-41-30)25-10-4-9-24(19-25)21-36-15-17-37(18-16-36)28(38)13-6-14-33-31(39)40-22-23-7-2-1-3-8-23/h1-5,7-12,19-20H,6,13-18,21-22H2,(H,33,39). The van der Waals surface area contributed by atoms with E-state index in [1.54, 1.807) is 12.1 Å². The second kappa shape index (κ2) is 13.9. The second-order valence-corrected chi connectivity index (χ2v) is 10.3. The summed E-state index contributed by atoms with van der Waals surface area (Å²) in [6.07, 6.45) is 0.490. The molecule has 1 N–H and O–H groups in total. The molecule has 1 saturated heterocycles. The molecule has 3 aromatic carbocycles. The maximum atomic E-state index is 12.7. The van der Waals surface area contributed by atoms with Gasteiger partial charge in [-0.15, -0.1) is 0 Å². The molecule has 1 aliphatic heterocycles. The number of ether oxygens (including phenoxy) is 1. The Kier molecular flexibility index (Phi) is 9.61. The molecular formula is C31H32ClN5O4. The average molecular weight is 574 g/mol. The van der Waals surface area contributed by atoms with Gasteiger partial charge in [-0.3, -0.25) is 9.69 Å². The number of rotatable bonds is 10. The van der Waals surface area contributed by atoms with E-state index in [-0.39, 0.29) is 12.5 Å². The third-order valence-electron chi connectivity index (χ3n) is 6.86. The van der Waals surface area contributed by atoms with Crippen molar-refractivity contribution in [3.05, 3.63) is 95.0 Å². The van der Waals surface area contributed by atoms with E-state index < -0.39 is 6.09 Å². The van der Waals surface area contributed by atoms with Crippen molar-refractivity contribution in [3.63, 3.8) is 0 Å². The SMILES string of the molecule is O=C(NCCCC(=O)N1CCN(Cc2cccc(-c3noc(-c4cccc(Cl)c4)n3)c2)CC1)OCc1ccccc1. The van der Waals surface area contributed by atoms with E-state index in [2.05, 4.69) is 32.5 Å². The minimum atomic E-state index is -0.472. The summed E-state index contributed by atoms with van der Waals surface area (Å²) in [5.41, 5.74) is 3.73. The van der Waals surface area contributed by atoms with Crippen LogP contribution in [0.1, 0.15) is 24.0 Å². The number of alkyl carbamates (subject to hydrolysis) is 1. The minimum absolute atomic E-state index is 0.110. The number of piperazine rings is 1. The summed E-state index contributed by atoms with van der Waals surface area (Å²) < 4.78 is 10.7. The number of carbonyl (C=O) groups is 2. The number of amides is 2. The van der Waals surface area contributed by atoms with Crippen molar-refractivity contribution in [1.82, 2.24) is 25.3 Å². The maximum absolute atomic E-state index is 12.7. The number of halogens is 1. The molecule has 0 aliphatic carbocycles. The summed E-state index contributed by atoms with van der Waals surface area (Å²) in [5.74, 6) is 1.06. The third kappa shape index (κ3) is 8.15. The minimum Gasteiger partial charge on any atom is -0.445 e. The Balaban J connectivity index is 1.02. The zero-order valence-corrected chi connectivity index (χ0v) is 23.4. The molecule has 0 bridgehead atoms. The first kappa shape index (κ1) is 28.3. The van der Waals surface area contributed by atoms with Crippen LogP contribution >= 0.6 is 11.6 Å². The molecule has 5 rings (SSSR count). The lowest BCUT2D eigenvalue weighted by Gasteiger charge is -2.35. The van der Waals surface area contributed by atoms with Crippen LogP contribution in [0.3, 0.4) is 0 Å². The lowest BCUT2D eigenvalue weighted by molar-refractivity contribution is -0.133. The maximum Gasteiger partial charge on any atom is 0.407 e.